The second-order valence-corrected chi connectivity index (χ2v) is 7.75. The van der Waals surface area contributed by atoms with Crippen LogP contribution in [0.25, 0.3) is 0 Å². The predicted molar refractivity (Wildman–Crippen MR) is 128 cm³/mol. The van der Waals surface area contributed by atoms with Crippen LogP contribution in [0.3, 0.4) is 0 Å². The Hall–Kier alpha value is -3.29. The van der Waals surface area contributed by atoms with Crippen molar-refractivity contribution < 1.29 is 9.53 Å². The van der Waals surface area contributed by atoms with Crippen LogP contribution in [0.1, 0.15) is 18.9 Å². The normalized spacial score (nSPS) is 14.3. The molecule has 1 saturated heterocycles. The zero-order chi connectivity index (χ0) is 22.8. The Kier molecular flexibility index (Phi) is 8.71. The summed E-state index contributed by atoms with van der Waals surface area (Å²) in [5.74, 6) is 2.77. The summed E-state index contributed by atoms with van der Waals surface area (Å²) in [4.78, 5) is 28.0. The highest BCUT2D eigenvalue weighted by molar-refractivity contribution is 5.81. The van der Waals surface area contributed by atoms with Gasteiger partial charge in [0, 0.05) is 58.9 Å². The van der Waals surface area contributed by atoms with Gasteiger partial charge in [-0.15, -0.1) is 0 Å². The maximum absolute atomic E-state index is 12.7. The van der Waals surface area contributed by atoms with Crippen LogP contribution in [0.5, 0.6) is 5.75 Å². The van der Waals surface area contributed by atoms with E-state index in [1.807, 2.05) is 61.3 Å². The van der Waals surface area contributed by atoms with Gasteiger partial charge in [-0.05, 0) is 36.8 Å². The third-order valence-electron chi connectivity index (χ3n) is 5.47. The average Bonchev–Trinajstić information content (AvgIpc) is 2.84. The lowest BCUT2D eigenvalue weighted by Crippen LogP contribution is -2.49. The van der Waals surface area contributed by atoms with Crippen LogP contribution in [0, 0.1) is 0 Å². The van der Waals surface area contributed by atoms with Crippen molar-refractivity contribution in [2.45, 2.75) is 19.9 Å². The number of ether oxygens (including phenoxy) is 1. The summed E-state index contributed by atoms with van der Waals surface area (Å²) in [5, 5.41) is 3.32. The number of rotatable bonds is 8. The molecule has 3 rings (SSSR count). The summed E-state index contributed by atoms with van der Waals surface area (Å²) in [6.07, 6.45) is 2.22. The van der Waals surface area contributed by atoms with Crippen LogP contribution in [0.4, 0.5) is 5.82 Å². The smallest absolute Gasteiger partial charge is 0.224 e. The number of aliphatic imine (C=N–C) groups is 1. The fraction of sp³-hybridized carbons (Fsp3) is 0.458. The molecule has 1 aliphatic rings. The van der Waals surface area contributed by atoms with Gasteiger partial charge in [0.1, 0.15) is 11.6 Å². The molecular formula is C24H34N6O2. The molecule has 1 fully saturated rings. The van der Waals surface area contributed by atoms with Crippen molar-refractivity contribution in [1.29, 1.82) is 0 Å². The number of hydrogen-bond acceptors (Lipinski definition) is 5. The minimum atomic E-state index is 0.156. The Morgan fingerprint density at radius 3 is 2.53 bits per heavy atom. The van der Waals surface area contributed by atoms with Crippen molar-refractivity contribution >= 4 is 17.7 Å². The molecule has 0 unspecified atom stereocenters. The number of anilines is 1. The van der Waals surface area contributed by atoms with Gasteiger partial charge < -0.3 is 24.8 Å². The van der Waals surface area contributed by atoms with E-state index in [1.165, 1.54) is 5.56 Å². The summed E-state index contributed by atoms with van der Waals surface area (Å²) in [6.45, 7) is 7.05. The van der Waals surface area contributed by atoms with Crippen molar-refractivity contribution in [3.8, 4) is 5.75 Å². The van der Waals surface area contributed by atoms with Gasteiger partial charge in [-0.1, -0.05) is 18.2 Å². The molecule has 1 N–H and O–H groups in total. The largest absolute Gasteiger partial charge is 0.497 e. The molecule has 8 heteroatoms. The van der Waals surface area contributed by atoms with Gasteiger partial charge in [-0.3, -0.25) is 9.79 Å². The monoisotopic (exact) mass is 438 g/mol. The maximum Gasteiger partial charge on any atom is 0.224 e. The van der Waals surface area contributed by atoms with E-state index < -0.39 is 0 Å². The summed E-state index contributed by atoms with van der Waals surface area (Å²) in [7, 11) is 3.67. The summed E-state index contributed by atoms with van der Waals surface area (Å²) < 4.78 is 5.22. The van der Waals surface area contributed by atoms with Crippen LogP contribution in [0.15, 0.2) is 53.7 Å². The van der Waals surface area contributed by atoms with Crippen molar-refractivity contribution in [2.24, 2.45) is 4.99 Å². The number of carbonyl (C=O) groups excluding carboxylic acids is 1. The summed E-state index contributed by atoms with van der Waals surface area (Å²) in [5.41, 5.74) is 1.17. The first-order valence-corrected chi connectivity index (χ1v) is 11.2. The fourth-order valence-corrected chi connectivity index (χ4v) is 3.69. The highest BCUT2D eigenvalue weighted by atomic mass is 16.5. The SMILES string of the molecule is CCNC(=NCCC(=O)N1CCN(c2ccccn2)CC1)N(C)Cc1ccc(OC)cc1. The highest BCUT2D eigenvalue weighted by Gasteiger charge is 2.21. The van der Waals surface area contributed by atoms with Crippen molar-refractivity contribution in [1.82, 2.24) is 20.1 Å². The standard InChI is InChI=1S/C24H34N6O2/c1-4-25-24(28(2)19-20-8-10-21(32-3)11-9-20)27-14-12-23(31)30-17-15-29(16-18-30)22-7-5-6-13-26-22/h5-11,13H,4,12,14-19H2,1-3H3,(H,25,27). The van der Waals surface area contributed by atoms with Gasteiger partial charge in [0.25, 0.3) is 0 Å². The van der Waals surface area contributed by atoms with Gasteiger partial charge in [-0.2, -0.15) is 0 Å². The Labute approximate surface area is 190 Å². The van der Waals surface area contributed by atoms with Gasteiger partial charge in [0.2, 0.25) is 5.91 Å². The molecule has 1 aromatic carbocycles. The van der Waals surface area contributed by atoms with Crippen LogP contribution in [-0.4, -0.2) is 80.1 Å². The predicted octanol–water partition coefficient (Wildman–Crippen LogP) is 2.23. The second-order valence-electron chi connectivity index (χ2n) is 7.75. The molecule has 32 heavy (non-hydrogen) atoms. The van der Waals surface area contributed by atoms with E-state index in [2.05, 4.69) is 25.1 Å². The van der Waals surface area contributed by atoms with Gasteiger partial charge in [-0.25, -0.2) is 4.98 Å². The van der Waals surface area contributed by atoms with E-state index in [9.17, 15) is 4.79 Å². The molecule has 1 aromatic heterocycles. The van der Waals surface area contributed by atoms with E-state index in [0.29, 0.717) is 13.0 Å². The van der Waals surface area contributed by atoms with Crippen molar-refractivity contribution in [2.75, 3.05) is 58.3 Å². The minimum absolute atomic E-state index is 0.156. The lowest BCUT2D eigenvalue weighted by molar-refractivity contribution is -0.131. The van der Waals surface area contributed by atoms with Gasteiger partial charge in [0.05, 0.1) is 13.7 Å². The van der Waals surface area contributed by atoms with E-state index in [-0.39, 0.29) is 5.91 Å². The quantitative estimate of drug-likeness (QED) is 0.503. The molecule has 2 heterocycles. The first-order valence-electron chi connectivity index (χ1n) is 11.2. The Morgan fingerprint density at radius 2 is 1.91 bits per heavy atom. The lowest BCUT2D eigenvalue weighted by Gasteiger charge is -2.35. The van der Waals surface area contributed by atoms with Gasteiger partial charge >= 0.3 is 0 Å². The Balaban J connectivity index is 1.47. The molecule has 0 bridgehead atoms. The van der Waals surface area contributed by atoms with Crippen LogP contribution in [0.2, 0.25) is 0 Å². The van der Waals surface area contributed by atoms with E-state index in [0.717, 1.165) is 56.8 Å². The van der Waals surface area contributed by atoms with E-state index >= 15 is 0 Å². The number of hydrogen-bond donors (Lipinski definition) is 1. The molecule has 172 valence electrons. The molecule has 1 aliphatic heterocycles. The topological polar surface area (TPSA) is 73.3 Å². The Bertz CT molecular complexity index is 864. The van der Waals surface area contributed by atoms with Crippen LogP contribution < -0.4 is 15.0 Å². The fourth-order valence-electron chi connectivity index (χ4n) is 3.69. The number of piperazine rings is 1. The molecule has 0 aliphatic carbocycles. The number of carbonyl (C=O) groups is 1. The van der Waals surface area contributed by atoms with Crippen molar-refractivity contribution in [3.05, 3.63) is 54.2 Å². The van der Waals surface area contributed by atoms with E-state index in [1.54, 1.807) is 13.3 Å². The number of benzene rings is 1. The first kappa shape index (κ1) is 23.4. The summed E-state index contributed by atoms with van der Waals surface area (Å²) >= 11 is 0. The van der Waals surface area contributed by atoms with Crippen LogP contribution >= 0.6 is 0 Å². The lowest BCUT2D eigenvalue weighted by atomic mass is 10.2. The van der Waals surface area contributed by atoms with E-state index in [4.69, 9.17) is 4.74 Å². The highest BCUT2D eigenvalue weighted by Crippen LogP contribution is 2.14. The molecular weight excluding hydrogens is 404 g/mol. The zero-order valence-electron chi connectivity index (χ0n) is 19.3. The molecule has 8 nitrogen and oxygen atoms in total. The minimum Gasteiger partial charge on any atom is -0.497 e. The third-order valence-corrected chi connectivity index (χ3v) is 5.47. The number of aromatic nitrogens is 1. The molecule has 0 radical (unpaired) electrons. The molecule has 2 aromatic rings. The van der Waals surface area contributed by atoms with Gasteiger partial charge in [0.15, 0.2) is 5.96 Å². The molecule has 0 saturated carbocycles. The molecule has 1 amide bonds. The number of guanidine groups is 1. The number of methoxy groups -OCH3 is 1. The maximum atomic E-state index is 12.7. The second kappa shape index (κ2) is 11.9. The first-order chi connectivity index (χ1) is 15.6. The number of nitrogens with zero attached hydrogens (tertiary/aromatic N) is 5. The average molecular weight is 439 g/mol. The van der Waals surface area contributed by atoms with Crippen molar-refractivity contribution in [3.63, 3.8) is 0 Å². The Morgan fingerprint density at radius 1 is 1.16 bits per heavy atom. The number of nitrogens with one attached hydrogen (secondary N) is 1. The summed E-state index contributed by atoms with van der Waals surface area (Å²) in [6, 6.07) is 13.9. The van der Waals surface area contributed by atoms with Crippen LogP contribution in [-0.2, 0) is 11.3 Å². The third kappa shape index (κ3) is 6.60. The number of amides is 1. The number of pyridine rings is 1. The molecule has 0 spiro atoms. The molecule has 0 atom stereocenters. The zero-order valence-corrected chi connectivity index (χ0v) is 19.3.